The van der Waals surface area contributed by atoms with Crippen LogP contribution in [0.3, 0.4) is 0 Å². The Labute approximate surface area is 199 Å². The van der Waals surface area contributed by atoms with Gasteiger partial charge in [-0.1, -0.05) is 0 Å². The van der Waals surface area contributed by atoms with Gasteiger partial charge in [0.1, 0.15) is 0 Å². The number of piperidine rings is 2. The summed E-state index contributed by atoms with van der Waals surface area (Å²) in [4.78, 5) is 29.9. The first-order valence-electron chi connectivity index (χ1n) is 11.6. The van der Waals surface area contributed by atoms with Crippen LogP contribution in [0.5, 0.6) is 0 Å². The van der Waals surface area contributed by atoms with Crippen LogP contribution in [0.15, 0.2) is 24.3 Å². The lowest BCUT2D eigenvalue weighted by molar-refractivity contribution is 0.0526. The van der Waals surface area contributed by atoms with Crippen molar-refractivity contribution in [2.45, 2.75) is 43.9 Å². The fourth-order valence-electron chi connectivity index (χ4n) is 4.41. The van der Waals surface area contributed by atoms with Gasteiger partial charge in [0.25, 0.3) is 0 Å². The van der Waals surface area contributed by atoms with E-state index in [1.54, 1.807) is 31.2 Å². The molecule has 3 heterocycles. The zero-order valence-corrected chi connectivity index (χ0v) is 19.4. The number of rotatable bonds is 6. The lowest BCUT2D eigenvalue weighted by Crippen LogP contribution is -2.54. The Hall–Kier alpha value is -3.06. The number of nitrogens with zero attached hydrogens (tertiary/aromatic N) is 5. The smallest absolute Gasteiger partial charge is 0.338 e. The van der Waals surface area contributed by atoms with Crippen LogP contribution in [0, 0.1) is 0 Å². The van der Waals surface area contributed by atoms with Crippen molar-refractivity contribution >= 4 is 29.5 Å². The highest BCUT2D eigenvalue weighted by atomic mass is 16.5. The molecule has 1 aromatic heterocycles. The Morgan fingerprint density at radius 1 is 0.882 bits per heavy atom. The first-order valence-corrected chi connectivity index (χ1v) is 11.6. The molecular weight excluding hydrogens is 436 g/mol. The predicted molar refractivity (Wildman–Crippen MR) is 131 cm³/mol. The van der Waals surface area contributed by atoms with Crippen LogP contribution in [0.1, 0.15) is 30.1 Å². The van der Waals surface area contributed by atoms with Gasteiger partial charge in [0.15, 0.2) is 0 Å². The summed E-state index contributed by atoms with van der Waals surface area (Å²) in [6, 6.07) is 6.67. The molecule has 2 aliphatic heterocycles. The van der Waals surface area contributed by atoms with E-state index >= 15 is 0 Å². The third-order valence-electron chi connectivity index (χ3n) is 5.86. The lowest BCUT2D eigenvalue weighted by atomic mass is 10.0. The van der Waals surface area contributed by atoms with Crippen molar-refractivity contribution in [2.75, 3.05) is 47.9 Å². The topological polar surface area (TPSA) is 188 Å². The monoisotopic (exact) mass is 470 g/mol. The molecule has 2 saturated heterocycles. The number of esters is 1. The van der Waals surface area contributed by atoms with E-state index in [-0.39, 0.29) is 30.1 Å². The second-order valence-electron chi connectivity index (χ2n) is 9.00. The van der Waals surface area contributed by atoms with Crippen LogP contribution in [0.2, 0.25) is 0 Å². The molecule has 9 N–H and O–H groups in total. The van der Waals surface area contributed by atoms with Crippen molar-refractivity contribution < 1.29 is 9.53 Å². The van der Waals surface area contributed by atoms with Gasteiger partial charge in [-0.15, -0.1) is 0 Å². The highest BCUT2D eigenvalue weighted by Gasteiger charge is 2.28. The number of hydrogen-bond donors (Lipinski definition) is 5. The lowest BCUT2D eigenvalue weighted by Gasteiger charge is -2.37. The zero-order valence-electron chi connectivity index (χ0n) is 19.4. The van der Waals surface area contributed by atoms with Crippen LogP contribution >= 0.6 is 0 Å². The Morgan fingerprint density at radius 2 is 1.35 bits per heavy atom. The summed E-state index contributed by atoms with van der Waals surface area (Å²) in [5.74, 6) is 0.988. The van der Waals surface area contributed by atoms with E-state index in [9.17, 15) is 4.79 Å². The molecule has 4 atom stereocenters. The highest BCUT2D eigenvalue weighted by molar-refractivity contribution is 5.89. The summed E-state index contributed by atoms with van der Waals surface area (Å²) in [7, 11) is 0. The molecule has 2 aromatic rings. The molecule has 0 spiro atoms. The van der Waals surface area contributed by atoms with Gasteiger partial charge in [-0.2, -0.15) is 15.0 Å². The van der Waals surface area contributed by atoms with Gasteiger partial charge < -0.3 is 42.8 Å². The van der Waals surface area contributed by atoms with Crippen molar-refractivity contribution in [3.8, 4) is 0 Å². The number of hydrogen-bond acceptors (Lipinski definition) is 12. The maximum absolute atomic E-state index is 11.9. The minimum atomic E-state index is -0.366. The van der Waals surface area contributed by atoms with Crippen LogP contribution in [-0.4, -0.2) is 77.9 Å². The molecule has 4 rings (SSSR count). The molecule has 0 amide bonds. The van der Waals surface area contributed by atoms with Crippen LogP contribution in [0.4, 0.5) is 23.5 Å². The molecule has 2 aliphatic rings. The summed E-state index contributed by atoms with van der Waals surface area (Å²) in [5.41, 5.74) is 26.0. The van der Waals surface area contributed by atoms with Crippen molar-refractivity contribution in [1.82, 2.24) is 15.0 Å². The normalized spacial score (nSPS) is 25.2. The molecule has 0 bridgehead atoms. The van der Waals surface area contributed by atoms with E-state index in [0.29, 0.717) is 56.2 Å². The van der Waals surface area contributed by atoms with E-state index in [2.05, 4.69) is 15.3 Å². The standard InChI is InChI=1S/C22H34N10O2/c1-2-34-19(33)13-3-5-18(6-4-13)27-20-28-21(31-9-14(23)7-15(24)10-31)30-22(29-20)32-11-16(25)8-17(26)12-32/h3-6,14-17H,2,7-12,23-26H2,1H3,(H,27,28,29,30)/t14-,15+,16-,17+. The number of aromatic nitrogens is 3. The molecule has 2 fully saturated rings. The summed E-state index contributed by atoms with van der Waals surface area (Å²) in [6.07, 6.45) is 1.50. The highest BCUT2D eigenvalue weighted by Crippen LogP contribution is 2.24. The maximum Gasteiger partial charge on any atom is 0.338 e. The number of nitrogens with one attached hydrogen (secondary N) is 1. The van der Waals surface area contributed by atoms with E-state index in [1.807, 2.05) is 9.80 Å². The molecular formula is C22H34N10O2. The van der Waals surface area contributed by atoms with Crippen molar-refractivity contribution in [3.63, 3.8) is 0 Å². The minimum Gasteiger partial charge on any atom is -0.462 e. The van der Waals surface area contributed by atoms with Gasteiger partial charge in [-0.25, -0.2) is 4.79 Å². The molecule has 34 heavy (non-hydrogen) atoms. The second-order valence-corrected chi connectivity index (χ2v) is 9.00. The van der Waals surface area contributed by atoms with Gasteiger partial charge in [0.2, 0.25) is 17.8 Å². The van der Waals surface area contributed by atoms with E-state index < -0.39 is 0 Å². The number of carbonyl (C=O) groups is 1. The fourth-order valence-corrected chi connectivity index (χ4v) is 4.41. The van der Waals surface area contributed by atoms with Crippen LogP contribution in [-0.2, 0) is 4.74 Å². The van der Waals surface area contributed by atoms with Gasteiger partial charge in [0.05, 0.1) is 12.2 Å². The summed E-state index contributed by atoms with van der Waals surface area (Å²) in [6.45, 7) is 4.50. The van der Waals surface area contributed by atoms with Gasteiger partial charge in [-0.05, 0) is 44.0 Å². The molecule has 1 aromatic carbocycles. The SMILES string of the molecule is CCOC(=O)c1ccc(Nc2nc(N3C[C@H](N)C[C@H](N)C3)nc(N3C[C@H](N)C[C@H](N)C3)n2)cc1. The molecule has 0 unspecified atom stereocenters. The van der Waals surface area contributed by atoms with Crippen molar-refractivity contribution in [2.24, 2.45) is 22.9 Å². The number of anilines is 4. The third kappa shape index (κ3) is 5.89. The number of ether oxygens (including phenoxy) is 1. The molecule has 12 nitrogen and oxygen atoms in total. The summed E-state index contributed by atoms with van der Waals surface area (Å²) < 4.78 is 5.04. The molecule has 184 valence electrons. The summed E-state index contributed by atoms with van der Waals surface area (Å²) >= 11 is 0. The Kier molecular flexibility index (Phi) is 7.41. The predicted octanol–water partition coefficient (Wildman–Crippen LogP) is -0.479. The third-order valence-corrected chi connectivity index (χ3v) is 5.86. The number of nitrogens with two attached hydrogens (primary N) is 4. The van der Waals surface area contributed by atoms with E-state index in [4.69, 9.17) is 32.7 Å². The molecule has 0 saturated carbocycles. The van der Waals surface area contributed by atoms with Gasteiger partial charge in [-0.3, -0.25) is 0 Å². The zero-order chi connectivity index (χ0) is 24.2. The first-order chi connectivity index (χ1) is 16.3. The van der Waals surface area contributed by atoms with E-state index in [0.717, 1.165) is 18.5 Å². The van der Waals surface area contributed by atoms with E-state index in [1.165, 1.54) is 0 Å². The second kappa shape index (κ2) is 10.5. The Balaban J connectivity index is 1.62. The Bertz CT molecular complexity index is 924. The molecule has 12 heteroatoms. The largest absolute Gasteiger partial charge is 0.462 e. The van der Waals surface area contributed by atoms with Crippen molar-refractivity contribution in [1.29, 1.82) is 0 Å². The average molecular weight is 471 g/mol. The van der Waals surface area contributed by atoms with Crippen LogP contribution in [0.25, 0.3) is 0 Å². The Morgan fingerprint density at radius 3 is 1.79 bits per heavy atom. The van der Waals surface area contributed by atoms with Gasteiger partial charge >= 0.3 is 5.97 Å². The van der Waals surface area contributed by atoms with Crippen LogP contribution < -0.4 is 38.1 Å². The van der Waals surface area contributed by atoms with Gasteiger partial charge in [0, 0.05) is 56.0 Å². The summed E-state index contributed by atoms with van der Waals surface area (Å²) in [5, 5.41) is 3.21. The molecule has 0 radical (unpaired) electrons. The van der Waals surface area contributed by atoms with Crippen molar-refractivity contribution in [3.05, 3.63) is 29.8 Å². The average Bonchev–Trinajstić information content (AvgIpc) is 2.78. The minimum absolute atomic E-state index is 0.0624. The fraction of sp³-hybridized carbons (Fsp3) is 0.545. The number of benzene rings is 1. The quantitative estimate of drug-likeness (QED) is 0.342. The molecule has 0 aliphatic carbocycles. The maximum atomic E-state index is 11.9. The first kappa shape index (κ1) is 24.1. The number of carbonyl (C=O) groups excluding carboxylic acids is 1.